The van der Waals surface area contributed by atoms with Crippen molar-refractivity contribution < 1.29 is 0 Å². The van der Waals surface area contributed by atoms with Crippen LogP contribution in [0.25, 0.3) is 12.2 Å². The Labute approximate surface area is 217 Å². The standard InChI is InChI=1S/C30H28ClN5/c31-29-18-25(16-28(19-29)22-35-11-10-33-23-35)5-4-24-6-8-30(9-7-24)36-14-12-34(13-15-36)21-27-3-1-2-26(17-27)20-32/h1-11,16-19,23H,12-15,21-22H2/b5-4+. The second-order valence-corrected chi connectivity index (χ2v) is 9.56. The van der Waals surface area contributed by atoms with Gasteiger partial charge >= 0.3 is 0 Å². The van der Waals surface area contributed by atoms with Crippen LogP contribution in [0.15, 0.2) is 85.5 Å². The summed E-state index contributed by atoms with van der Waals surface area (Å²) in [7, 11) is 0. The fraction of sp³-hybridized carbons (Fsp3) is 0.200. The van der Waals surface area contributed by atoms with Crippen LogP contribution in [0.2, 0.25) is 5.02 Å². The first-order valence-corrected chi connectivity index (χ1v) is 12.5. The zero-order valence-electron chi connectivity index (χ0n) is 20.1. The molecule has 3 aromatic carbocycles. The van der Waals surface area contributed by atoms with Gasteiger partial charge in [0.15, 0.2) is 0 Å². The summed E-state index contributed by atoms with van der Waals surface area (Å²) >= 11 is 6.37. The van der Waals surface area contributed by atoms with Crippen molar-refractivity contribution in [3.05, 3.63) is 118 Å². The Morgan fingerprint density at radius 2 is 1.67 bits per heavy atom. The molecule has 0 saturated carbocycles. The van der Waals surface area contributed by atoms with Crippen molar-refractivity contribution in [2.75, 3.05) is 31.1 Å². The van der Waals surface area contributed by atoms with Crippen LogP contribution in [0.4, 0.5) is 5.69 Å². The fourth-order valence-electron chi connectivity index (χ4n) is 4.60. The van der Waals surface area contributed by atoms with E-state index < -0.39 is 0 Å². The summed E-state index contributed by atoms with van der Waals surface area (Å²) in [5.74, 6) is 0. The van der Waals surface area contributed by atoms with Gasteiger partial charge in [-0.15, -0.1) is 0 Å². The number of benzene rings is 3. The number of aromatic nitrogens is 2. The van der Waals surface area contributed by atoms with Crippen LogP contribution in [-0.2, 0) is 13.1 Å². The summed E-state index contributed by atoms with van der Waals surface area (Å²) in [6.45, 7) is 5.64. The molecule has 0 atom stereocenters. The van der Waals surface area contributed by atoms with E-state index in [1.54, 1.807) is 6.20 Å². The van der Waals surface area contributed by atoms with Gasteiger partial charge in [0, 0.05) is 62.4 Å². The van der Waals surface area contributed by atoms with Crippen molar-refractivity contribution in [1.82, 2.24) is 14.5 Å². The minimum Gasteiger partial charge on any atom is -0.369 e. The maximum absolute atomic E-state index is 9.12. The van der Waals surface area contributed by atoms with E-state index in [0.717, 1.165) is 66.5 Å². The van der Waals surface area contributed by atoms with E-state index in [0.29, 0.717) is 0 Å². The highest BCUT2D eigenvalue weighted by Gasteiger charge is 2.17. The van der Waals surface area contributed by atoms with Crippen LogP contribution in [0.1, 0.15) is 27.8 Å². The zero-order chi connectivity index (χ0) is 24.7. The first kappa shape index (κ1) is 23.9. The quantitative estimate of drug-likeness (QED) is 0.298. The van der Waals surface area contributed by atoms with E-state index in [9.17, 15) is 0 Å². The Hall–Kier alpha value is -3.85. The highest BCUT2D eigenvalue weighted by Crippen LogP contribution is 2.21. The molecule has 0 unspecified atom stereocenters. The van der Waals surface area contributed by atoms with Crippen molar-refractivity contribution in [1.29, 1.82) is 5.26 Å². The summed E-state index contributed by atoms with van der Waals surface area (Å²) < 4.78 is 2.03. The molecule has 1 aliphatic heterocycles. The van der Waals surface area contributed by atoms with Gasteiger partial charge in [0.05, 0.1) is 18.0 Å². The second-order valence-electron chi connectivity index (χ2n) is 9.13. The number of halogens is 1. The highest BCUT2D eigenvalue weighted by molar-refractivity contribution is 6.30. The zero-order valence-corrected chi connectivity index (χ0v) is 20.9. The third-order valence-corrected chi connectivity index (χ3v) is 6.68. The summed E-state index contributed by atoms with van der Waals surface area (Å²) in [5, 5.41) is 9.86. The van der Waals surface area contributed by atoms with Crippen LogP contribution in [0.5, 0.6) is 0 Å². The normalized spacial score (nSPS) is 14.3. The van der Waals surface area contributed by atoms with E-state index >= 15 is 0 Å². The number of rotatable bonds is 7. The molecule has 0 N–H and O–H groups in total. The highest BCUT2D eigenvalue weighted by atomic mass is 35.5. The molecule has 5 nitrogen and oxygen atoms in total. The molecule has 1 fully saturated rings. The lowest BCUT2D eigenvalue weighted by Gasteiger charge is -2.36. The van der Waals surface area contributed by atoms with Crippen molar-refractivity contribution in [3.8, 4) is 6.07 Å². The molecule has 0 amide bonds. The predicted molar refractivity (Wildman–Crippen MR) is 147 cm³/mol. The molecule has 6 heteroatoms. The third-order valence-electron chi connectivity index (χ3n) is 6.47. The molecule has 0 aliphatic carbocycles. The lowest BCUT2D eigenvalue weighted by molar-refractivity contribution is 0.250. The second kappa shape index (κ2) is 11.3. The van der Waals surface area contributed by atoms with Gasteiger partial charge in [0.1, 0.15) is 0 Å². The van der Waals surface area contributed by atoms with E-state index in [-0.39, 0.29) is 0 Å². The van der Waals surface area contributed by atoms with Crippen molar-refractivity contribution in [2.45, 2.75) is 13.1 Å². The Morgan fingerprint density at radius 1 is 0.861 bits per heavy atom. The first-order valence-electron chi connectivity index (χ1n) is 12.1. The molecule has 36 heavy (non-hydrogen) atoms. The Morgan fingerprint density at radius 3 is 2.42 bits per heavy atom. The number of nitriles is 1. The summed E-state index contributed by atoms with van der Waals surface area (Å²) in [4.78, 5) is 9.00. The van der Waals surface area contributed by atoms with Gasteiger partial charge in [-0.05, 0) is 64.7 Å². The fourth-order valence-corrected chi connectivity index (χ4v) is 4.87. The molecule has 1 saturated heterocycles. The lowest BCUT2D eigenvalue weighted by atomic mass is 10.1. The van der Waals surface area contributed by atoms with Gasteiger partial charge in [0.2, 0.25) is 0 Å². The Balaban J connectivity index is 1.17. The van der Waals surface area contributed by atoms with Crippen molar-refractivity contribution >= 4 is 29.4 Å². The van der Waals surface area contributed by atoms with Crippen LogP contribution in [0, 0.1) is 11.3 Å². The molecule has 0 bridgehead atoms. The monoisotopic (exact) mass is 493 g/mol. The molecular weight excluding hydrogens is 466 g/mol. The van der Waals surface area contributed by atoms with Crippen LogP contribution in [0.3, 0.4) is 0 Å². The van der Waals surface area contributed by atoms with Gasteiger partial charge < -0.3 is 9.47 Å². The molecule has 180 valence electrons. The summed E-state index contributed by atoms with van der Waals surface area (Å²) in [6, 6.07) is 25.0. The maximum atomic E-state index is 9.12. The topological polar surface area (TPSA) is 48.1 Å². The van der Waals surface area contributed by atoms with E-state index in [1.165, 1.54) is 11.3 Å². The van der Waals surface area contributed by atoms with Gasteiger partial charge in [-0.3, -0.25) is 4.90 Å². The minimum absolute atomic E-state index is 0.727. The summed E-state index contributed by atoms with van der Waals surface area (Å²) in [5.41, 5.74) is 6.57. The SMILES string of the molecule is N#Cc1cccc(CN2CCN(c3ccc(/C=C/c4cc(Cl)cc(Cn5ccnc5)c4)cc3)CC2)c1. The number of hydrogen-bond acceptors (Lipinski definition) is 4. The lowest BCUT2D eigenvalue weighted by Crippen LogP contribution is -2.45. The van der Waals surface area contributed by atoms with E-state index in [2.05, 4.69) is 69.4 Å². The van der Waals surface area contributed by atoms with Gasteiger partial charge in [-0.2, -0.15) is 5.26 Å². The smallest absolute Gasteiger partial charge is 0.0991 e. The number of imidazole rings is 1. The van der Waals surface area contributed by atoms with Crippen molar-refractivity contribution in [2.24, 2.45) is 0 Å². The van der Waals surface area contributed by atoms with Crippen LogP contribution in [-0.4, -0.2) is 40.6 Å². The maximum Gasteiger partial charge on any atom is 0.0991 e. The average molecular weight is 494 g/mol. The first-order chi connectivity index (χ1) is 17.6. The number of hydrogen-bond donors (Lipinski definition) is 0. The number of anilines is 1. The average Bonchev–Trinajstić information content (AvgIpc) is 3.41. The molecule has 5 rings (SSSR count). The Kier molecular flexibility index (Phi) is 7.47. The molecule has 4 aromatic rings. The predicted octanol–water partition coefficient (Wildman–Crippen LogP) is 5.95. The van der Waals surface area contributed by atoms with E-state index in [1.807, 2.05) is 47.4 Å². The summed E-state index contributed by atoms with van der Waals surface area (Å²) in [6.07, 6.45) is 9.78. The number of nitrogens with zero attached hydrogens (tertiary/aromatic N) is 5. The van der Waals surface area contributed by atoms with Gasteiger partial charge in [-0.25, -0.2) is 4.98 Å². The molecule has 1 aliphatic rings. The Bertz CT molecular complexity index is 1360. The molecule has 2 heterocycles. The molecule has 1 aromatic heterocycles. The largest absolute Gasteiger partial charge is 0.369 e. The number of piperazine rings is 1. The van der Waals surface area contributed by atoms with Crippen molar-refractivity contribution in [3.63, 3.8) is 0 Å². The van der Waals surface area contributed by atoms with E-state index in [4.69, 9.17) is 16.9 Å². The van der Waals surface area contributed by atoms with Gasteiger partial charge in [0.25, 0.3) is 0 Å². The van der Waals surface area contributed by atoms with Crippen LogP contribution >= 0.6 is 11.6 Å². The minimum atomic E-state index is 0.727. The van der Waals surface area contributed by atoms with Gasteiger partial charge in [-0.1, -0.05) is 48.0 Å². The molecular formula is C30H28ClN5. The van der Waals surface area contributed by atoms with Crippen LogP contribution < -0.4 is 4.90 Å². The molecule has 0 radical (unpaired) electrons. The molecule has 0 spiro atoms. The third kappa shape index (κ3) is 6.23.